The van der Waals surface area contributed by atoms with Crippen molar-refractivity contribution in [2.45, 2.75) is 39.2 Å². The van der Waals surface area contributed by atoms with Gasteiger partial charge in [-0.05, 0) is 37.8 Å². The predicted molar refractivity (Wildman–Crippen MR) is 122 cm³/mol. The normalized spacial score (nSPS) is 16.0. The van der Waals surface area contributed by atoms with E-state index in [2.05, 4.69) is 33.4 Å². The summed E-state index contributed by atoms with van der Waals surface area (Å²) in [6.07, 6.45) is 2.31. The van der Waals surface area contributed by atoms with E-state index in [0.717, 1.165) is 54.2 Å². The Balaban J connectivity index is 1.53. The first-order valence-corrected chi connectivity index (χ1v) is 11.4. The minimum atomic E-state index is -0.151. The molecular weight excluding hydrogens is 396 g/mol. The van der Waals surface area contributed by atoms with Gasteiger partial charge in [-0.1, -0.05) is 37.3 Å². The largest absolute Gasteiger partial charge is 0.394 e. The van der Waals surface area contributed by atoms with Crippen molar-refractivity contribution >= 4 is 33.3 Å². The van der Waals surface area contributed by atoms with Crippen LogP contribution in [0, 0.1) is 12.8 Å². The van der Waals surface area contributed by atoms with Gasteiger partial charge in [-0.2, -0.15) is 0 Å². The molecule has 1 fully saturated rings. The summed E-state index contributed by atoms with van der Waals surface area (Å²) in [5.74, 6) is 1.79. The number of rotatable bonds is 6. The van der Waals surface area contributed by atoms with Crippen LogP contribution in [-0.2, 0) is 4.79 Å². The number of aryl methyl sites for hydroxylation is 1. The Morgan fingerprint density at radius 3 is 2.67 bits per heavy atom. The lowest BCUT2D eigenvalue weighted by atomic mass is 9.95. The second-order valence-electron chi connectivity index (χ2n) is 7.85. The number of aliphatic hydroxyl groups is 1. The van der Waals surface area contributed by atoms with Crippen molar-refractivity contribution in [3.8, 4) is 10.4 Å². The predicted octanol–water partition coefficient (Wildman–Crippen LogP) is 3.77. The molecule has 7 heteroatoms. The molecule has 0 bridgehead atoms. The lowest BCUT2D eigenvalue weighted by molar-refractivity contribution is -0.126. The number of hydrogen-bond acceptors (Lipinski definition) is 6. The van der Waals surface area contributed by atoms with Crippen LogP contribution in [0.1, 0.15) is 32.0 Å². The number of aliphatic hydroxyl groups excluding tert-OH is 1. The van der Waals surface area contributed by atoms with E-state index in [1.54, 1.807) is 11.3 Å². The molecule has 1 aromatic carbocycles. The Morgan fingerprint density at radius 1 is 1.27 bits per heavy atom. The van der Waals surface area contributed by atoms with Crippen molar-refractivity contribution in [1.29, 1.82) is 0 Å². The Kier molecular flexibility index (Phi) is 6.29. The highest BCUT2D eigenvalue weighted by Crippen LogP contribution is 2.37. The maximum Gasteiger partial charge on any atom is 0.223 e. The molecule has 3 aromatic rings. The number of carbonyl (C=O) groups is 1. The molecule has 0 radical (unpaired) electrons. The van der Waals surface area contributed by atoms with Crippen LogP contribution in [0.2, 0.25) is 0 Å². The van der Waals surface area contributed by atoms with Crippen LogP contribution in [-0.4, -0.2) is 46.7 Å². The van der Waals surface area contributed by atoms with Crippen molar-refractivity contribution < 1.29 is 9.90 Å². The minimum absolute atomic E-state index is 0.0115. The second kappa shape index (κ2) is 9.10. The maximum atomic E-state index is 12.5. The molecule has 6 nitrogen and oxygen atoms in total. The second-order valence-corrected chi connectivity index (χ2v) is 8.88. The van der Waals surface area contributed by atoms with Crippen LogP contribution in [0.4, 0.5) is 5.82 Å². The van der Waals surface area contributed by atoms with E-state index in [1.165, 1.54) is 10.4 Å². The first kappa shape index (κ1) is 20.8. The van der Waals surface area contributed by atoms with Crippen LogP contribution in [0.5, 0.6) is 0 Å². The van der Waals surface area contributed by atoms with Gasteiger partial charge in [0, 0.05) is 23.9 Å². The summed E-state index contributed by atoms with van der Waals surface area (Å²) in [5.41, 5.74) is 1.19. The number of fused-ring (bicyclic) bond motifs is 1. The van der Waals surface area contributed by atoms with Gasteiger partial charge in [0.05, 0.1) is 18.0 Å². The van der Waals surface area contributed by atoms with Crippen molar-refractivity contribution in [3.63, 3.8) is 0 Å². The molecule has 0 spiro atoms. The van der Waals surface area contributed by atoms with Crippen molar-refractivity contribution in [2.75, 3.05) is 24.6 Å². The van der Waals surface area contributed by atoms with Gasteiger partial charge in [0.1, 0.15) is 16.5 Å². The molecule has 2 aromatic heterocycles. The maximum absolute atomic E-state index is 12.5. The third kappa shape index (κ3) is 4.32. The molecule has 2 N–H and O–H groups in total. The summed E-state index contributed by atoms with van der Waals surface area (Å²) in [4.78, 5) is 26.4. The monoisotopic (exact) mass is 424 g/mol. The Morgan fingerprint density at radius 2 is 2.00 bits per heavy atom. The Bertz CT molecular complexity index is 1010. The van der Waals surface area contributed by atoms with Crippen LogP contribution in [0.3, 0.4) is 0 Å². The lowest BCUT2D eigenvalue weighted by Crippen LogP contribution is -2.45. The van der Waals surface area contributed by atoms with Crippen molar-refractivity contribution in [2.24, 2.45) is 5.92 Å². The summed E-state index contributed by atoms with van der Waals surface area (Å²) in [6, 6.07) is 12.4. The molecule has 1 aliphatic heterocycles. The third-order valence-corrected chi connectivity index (χ3v) is 6.85. The molecule has 1 unspecified atom stereocenters. The number of amides is 1. The average molecular weight is 425 g/mol. The molecule has 158 valence electrons. The van der Waals surface area contributed by atoms with Gasteiger partial charge in [0.15, 0.2) is 0 Å². The zero-order valence-electron chi connectivity index (χ0n) is 17.5. The molecule has 0 aliphatic carbocycles. The van der Waals surface area contributed by atoms with Crippen molar-refractivity contribution in [1.82, 2.24) is 15.3 Å². The van der Waals surface area contributed by atoms with Crippen LogP contribution in [0.25, 0.3) is 20.7 Å². The SMILES string of the molecule is CCC(CO)NC(=O)C1CCN(c2nc(C)nc3sc(-c4ccccc4)cc23)CC1. The standard InChI is InChI=1S/C23H28N4O2S/c1-3-18(14-28)26-22(29)17-9-11-27(12-10-17)21-19-13-20(16-7-5-4-6-8-16)30-23(19)25-15(2)24-21/h4-8,13,17-18,28H,3,9-12,14H2,1-2H3,(H,26,29). The smallest absolute Gasteiger partial charge is 0.223 e. The fourth-order valence-electron chi connectivity index (χ4n) is 3.95. The van der Waals surface area contributed by atoms with Gasteiger partial charge < -0.3 is 15.3 Å². The molecule has 3 heterocycles. The van der Waals surface area contributed by atoms with E-state index in [1.807, 2.05) is 32.0 Å². The van der Waals surface area contributed by atoms with Gasteiger partial charge in [-0.25, -0.2) is 9.97 Å². The number of benzene rings is 1. The van der Waals surface area contributed by atoms with Gasteiger partial charge in [0.2, 0.25) is 5.91 Å². The molecule has 4 rings (SSSR count). The van der Waals surface area contributed by atoms with Gasteiger partial charge in [0.25, 0.3) is 0 Å². The molecule has 30 heavy (non-hydrogen) atoms. The molecule has 1 atom stereocenters. The average Bonchev–Trinajstić information content (AvgIpc) is 3.21. The van der Waals surface area contributed by atoms with E-state index in [0.29, 0.717) is 0 Å². The molecule has 0 saturated carbocycles. The van der Waals surface area contributed by atoms with Crippen LogP contribution < -0.4 is 10.2 Å². The Labute approximate surface area is 181 Å². The van der Waals surface area contributed by atoms with Gasteiger partial charge in [-0.3, -0.25) is 4.79 Å². The Hall–Kier alpha value is -2.51. The molecular formula is C23H28N4O2S. The first-order chi connectivity index (χ1) is 14.6. The minimum Gasteiger partial charge on any atom is -0.394 e. The highest BCUT2D eigenvalue weighted by molar-refractivity contribution is 7.21. The fourth-order valence-corrected chi connectivity index (χ4v) is 5.02. The number of anilines is 1. The topological polar surface area (TPSA) is 78.4 Å². The third-order valence-electron chi connectivity index (χ3n) is 5.77. The highest BCUT2D eigenvalue weighted by atomic mass is 32.1. The van der Waals surface area contributed by atoms with Crippen LogP contribution >= 0.6 is 11.3 Å². The number of nitrogens with one attached hydrogen (secondary N) is 1. The van der Waals surface area contributed by atoms with Gasteiger partial charge in [-0.15, -0.1) is 11.3 Å². The highest BCUT2D eigenvalue weighted by Gasteiger charge is 2.28. The fraction of sp³-hybridized carbons (Fsp3) is 0.435. The number of aromatic nitrogens is 2. The number of nitrogens with zero attached hydrogens (tertiary/aromatic N) is 3. The van der Waals surface area contributed by atoms with Gasteiger partial charge >= 0.3 is 0 Å². The lowest BCUT2D eigenvalue weighted by Gasteiger charge is -2.33. The summed E-state index contributed by atoms with van der Waals surface area (Å²) in [7, 11) is 0. The summed E-state index contributed by atoms with van der Waals surface area (Å²) < 4.78 is 0. The molecule has 1 amide bonds. The van der Waals surface area contributed by atoms with E-state index in [9.17, 15) is 9.90 Å². The van der Waals surface area contributed by atoms with E-state index in [-0.39, 0.29) is 24.5 Å². The molecule has 1 aliphatic rings. The number of piperidine rings is 1. The van der Waals surface area contributed by atoms with E-state index < -0.39 is 0 Å². The number of thiophene rings is 1. The summed E-state index contributed by atoms with van der Waals surface area (Å²) >= 11 is 1.69. The first-order valence-electron chi connectivity index (χ1n) is 10.6. The van der Waals surface area contributed by atoms with E-state index >= 15 is 0 Å². The number of hydrogen-bond donors (Lipinski definition) is 2. The van der Waals surface area contributed by atoms with Crippen molar-refractivity contribution in [3.05, 3.63) is 42.2 Å². The zero-order valence-corrected chi connectivity index (χ0v) is 18.3. The summed E-state index contributed by atoms with van der Waals surface area (Å²) in [6.45, 7) is 5.47. The number of carbonyl (C=O) groups excluding carboxylic acids is 1. The summed E-state index contributed by atoms with van der Waals surface area (Å²) in [5, 5.41) is 13.4. The van der Waals surface area contributed by atoms with Crippen LogP contribution in [0.15, 0.2) is 36.4 Å². The zero-order chi connectivity index (χ0) is 21.1. The quantitative estimate of drug-likeness (QED) is 0.630. The molecule has 1 saturated heterocycles. The van der Waals surface area contributed by atoms with E-state index in [4.69, 9.17) is 4.98 Å².